The minimum atomic E-state index is -0.298. The average Bonchev–Trinajstić information content (AvgIpc) is 3.21. The fourth-order valence-electron chi connectivity index (χ4n) is 4.64. The molecule has 1 aromatic heterocycles. The van der Waals surface area contributed by atoms with Crippen molar-refractivity contribution in [2.75, 3.05) is 18.4 Å². The molecule has 4 nitrogen and oxygen atoms in total. The molecule has 2 bridgehead atoms. The average molecular weight is 338 g/mol. The third-order valence-electron chi connectivity index (χ3n) is 6.05. The highest BCUT2D eigenvalue weighted by Crippen LogP contribution is 2.54. The van der Waals surface area contributed by atoms with Gasteiger partial charge in [0.2, 0.25) is 5.58 Å². The molecule has 3 saturated heterocycles. The Morgan fingerprint density at radius 2 is 2.04 bits per heavy atom. The molecule has 0 radical (unpaired) electrons. The molecule has 124 valence electrons. The third-order valence-corrected chi connectivity index (χ3v) is 6.05. The van der Waals surface area contributed by atoms with Crippen molar-refractivity contribution in [1.29, 1.82) is 0 Å². The molecule has 4 aliphatic rings. The Morgan fingerprint density at radius 3 is 2.74 bits per heavy atom. The minimum absolute atomic E-state index is 0. The summed E-state index contributed by atoms with van der Waals surface area (Å²) in [5, 5.41) is 8.50. The maximum absolute atomic E-state index is 14.1. The second-order valence-corrected chi connectivity index (χ2v) is 7.15. The fraction of sp³-hybridized carbons (Fsp3) is 0.588. The van der Waals surface area contributed by atoms with Gasteiger partial charge >= 0.3 is 0 Å². The molecule has 1 atom stereocenters. The van der Waals surface area contributed by atoms with Crippen molar-refractivity contribution in [1.82, 2.24) is 10.1 Å². The number of piperidine rings is 3. The van der Waals surface area contributed by atoms with Gasteiger partial charge in [-0.2, -0.15) is 0 Å². The van der Waals surface area contributed by atoms with E-state index in [-0.39, 0.29) is 23.8 Å². The summed E-state index contributed by atoms with van der Waals surface area (Å²) in [7, 11) is 0. The number of fused-ring (bicyclic) bond motifs is 3. The third kappa shape index (κ3) is 2.02. The van der Waals surface area contributed by atoms with Crippen molar-refractivity contribution in [3.63, 3.8) is 0 Å². The highest BCUT2D eigenvalue weighted by Gasteiger charge is 2.60. The van der Waals surface area contributed by atoms with E-state index >= 15 is 0 Å². The lowest BCUT2D eigenvalue weighted by molar-refractivity contribution is 0.0202. The molecule has 23 heavy (non-hydrogen) atoms. The zero-order valence-corrected chi connectivity index (χ0v) is 14.0. The van der Waals surface area contributed by atoms with Crippen molar-refractivity contribution >= 4 is 29.2 Å². The zero-order valence-electron chi connectivity index (χ0n) is 13.1. The lowest BCUT2D eigenvalue weighted by atomic mass is 9.77. The Hall–Kier alpha value is -1.33. The van der Waals surface area contributed by atoms with Crippen LogP contribution in [-0.2, 0) is 0 Å². The van der Waals surface area contributed by atoms with Gasteiger partial charge in [-0.15, -0.1) is 12.4 Å². The summed E-state index contributed by atoms with van der Waals surface area (Å²) >= 11 is 0. The van der Waals surface area contributed by atoms with E-state index in [0.717, 1.165) is 5.39 Å². The molecule has 4 heterocycles. The fourth-order valence-corrected chi connectivity index (χ4v) is 4.64. The quantitative estimate of drug-likeness (QED) is 0.906. The summed E-state index contributed by atoms with van der Waals surface area (Å²) < 4.78 is 19.4. The van der Waals surface area contributed by atoms with Gasteiger partial charge < -0.3 is 9.84 Å². The van der Waals surface area contributed by atoms with Crippen LogP contribution in [0.5, 0.6) is 0 Å². The first-order valence-corrected chi connectivity index (χ1v) is 8.25. The lowest BCUT2D eigenvalue weighted by Gasteiger charge is -2.52. The standard InChI is InChI=1S/C17H20FN3O.ClH/c1-10-2-3-12-14(13(10)18)22-20-16(12)19-15-11-4-8-21(9-5-11)17(15)6-7-17;/h2-3,11,15H,4-9H2,1H3,(H,19,20);1H/t15-;/m1./s1. The maximum atomic E-state index is 14.1. The van der Waals surface area contributed by atoms with Crippen molar-refractivity contribution < 1.29 is 8.91 Å². The second-order valence-electron chi connectivity index (χ2n) is 7.15. The number of halogens is 2. The Balaban J connectivity index is 0.00000135. The first kappa shape index (κ1) is 15.2. The molecule has 1 spiro atoms. The number of rotatable bonds is 2. The molecule has 1 aromatic carbocycles. The number of nitrogens with zero attached hydrogens (tertiary/aromatic N) is 2. The predicted molar refractivity (Wildman–Crippen MR) is 89.6 cm³/mol. The van der Waals surface area contributed by atoms with E-state index < -0.39 is 0 Å². The molecule has 1 saturated carbocycles. The number of aromatic nitrogens is 1. The van der Waals surface area contributed by atoms with Crippen molar-refractivity contribution in [3.8, 4) is 0 Å². The van der Waals surface area contributed by atoms with Gasteiger partial charge in [-0.3, -0.25) is 4.90 Å². The van der Waals surface area contributed by atoms with Crippen LogP contribution in [0.3, 0.4) is 0 Å². The van der Waals surface area contributed by atoms with E-state index in [2.05, 4.69) is 15.4 Å². The summed E-state index contributed by atoms with van der Waals surface area (Å²) in [6.07, 6.45) is 5.04. The van der Waals surface area contributed by atoms with Crippen LogP contribution < -0.4 is 5.32 Å². The second kappa shape index (κ2) is 5.08. The molecule has 0 amide bonds. The minimum Gasteiger partial charge on any atom is -0.362 e. The van der Waals surface area contributed by atoms with Gasteiger partial charge in [0.05, 0.1) is 5.39 Å². The first-order chi connectivity index (χ1) is 10.7. The van der Waals surface area contributed by atoms with Gasteiger partial charge in [-0.05, 0) is 63.2 Å². The van der Waals surface area contributed by atoms with Gasteiger partial charge in [0.25, 0.3) is 0 Å². The van der Waals surface area contributed by atoms with E-state index in [4.69, 9.17) is 4.52 Å². The van der Waals surface area contributed by atoms with E-state index in [1.807, 2.05) is 6.07 Å². The first-order valence-electron chi connectivity index (χ1n) is 8.25. The Bertz CT molecular complexity index is 750. The topological polar surface area (TPSA) is 41.3 Å². The lowest BCUT2D eigenvalue weighted by Crippen LogP contribution is -2.62. The highest BCUT2D eigenvalue weighted by atomic mass is 35.5. The molecule has 6 rings (SSSR count). The number of hydrogen-bond donors (Lipinski definition) is 1. The molecule has 1 aliphatic carbocycles. The molecule has 0 unspecified atom stereocenters. The normalized spacial score (nSPS) is 30.4. The molecule has 1 N–H and O–H groups in total. The van der Waals surface area contributed by atoms with Gasteiger partial charge in [-0.1, -0.05) is 11.2 Å². The molecule has 4 fully saturated rings. The van der Waals surface area contributed by atoms with Gasteiger partial charge in [0.1, 0.15) is 0 Å². The van der Waals surface area contributed by atoms with Crippen LogP contribution in [0.4, 0.5) is 10.2 Å². The number of aryl methyl sites for hydroxylation is 1. The van der Waals surface area contributed by atoms with Crippen molar-refractivity contribution in [2.45, 2.75) is 44.2 Å². The van der Waals surface area contributed by atoms with E-state index in [0.29, 0.717) is 28.9 Å². The van der Waals surface area contributed by atoms with Crippen molar-refractivity contribution in [2.24, 2.45) is 5.92 Å². The van der Waals surface area contributed by atoms with Crippen LogP contribution in [0.15, 0.2) is 16.7 Å². The number of hydrogen-bond acceptors (Lipinski definition) is 4. The van der Waals surface area contributed by atoms with Gasteiger partial charge in [-0.25, -0.2) is 4.39 Å². The predicted octanol–water partition coefficient (Wildman–Crippen LogP) is 3.74. The van der Waals surface area contributed by atoms with Crippen LogP contribution in [-0.4, -0.2) is 34.7 Å². The van der Waals surface area contributed by atoms with Gasteiger partial charge in [0, 0.05) is 11.6 Å². The van der Waals surface area contributed by atoms with Crippen LogP contribution in [0.1, 0.15) is 31.2 Å². The maximum Gasteiger partial charge on any atom is 0.204 e. The molecular formula is C17H21ClFN3O. The Labute approximate surface area is 140 Å². The zero-order chi connectivity index (χ0) is 14.9. The smallest absolute Gasteiger partial charge is 0.204 e. The monoisotopic (exact) mass is 337 g/mol. The molecule has 3 aliphatic heterocycles. The van der Waals surface area contributed by atoms with E-state index in [1.165, 1.54) is 38.8 Å². The van der Waals surface area contributed by atoms with Crippen LogP contribution in [0.25, 0.3) is 11.0 Å². The highest BCUT2D eigenvalue weighted by molar-refractivity contribution is 5.89. The number of anilines is 1. The van der Waals surface area contributed by atoms with Crippen LogP contribution in [0.2, 0.25) is 0 Å². The molecule has 2 aromatic rings. The summed E-state index contributed by atoms with van der Waals surface area (Å²) in [5.74, 6) is 1.11. The van der Waals surface area contributed by atoms with E-state index in [1.54, 1.807) is 13.0 Å². The summed E-state index contributed by atoms with van der Waals surface area (Å²) in [4.78, 5) is 2.65. The SMILES string of the molecule is Cc1ccc2c(N[C@@H]3C4CCN(CC4)C34CC4)noc2c1F.Cl. The molecule has 6 heteroatoms. The van der Waals surface area contributed by atoms with E-state index in [9.17, 15) is 4.39 Å². The largest absolute Gasteiger partial charge is 0.362 e. The van der Waals surface area contributed by atoms with Crippen LogP contribution >= 0.6 is 12.4 Å². The Kier molecular flexibility index (Phi) is 3.36. The molecular weight excluding hydrogens is 317 g/mol. The van der Waals surface area contributed by atoms with Crippen LogP contribution in [0, 0.1) is 18.7 Å². The summed E-state index contributed by atoms with van der Waals surface area (Å²) in [5.41, 5.74) is 1.20. The number of benzene rings is 1. The van der Waals surface area contributed by atoms with Crippen molar-refractivity contribution in [3.05, 3.63) is 23.5 Å². The summed E-state index contributed by atoms with van der Waals surface area (Å²) in [6.45, 7) is 4.21. The Morgan fingerprint density at radius 1 is 1.30 bits per heavy atom. The van der Waals surface area contributed by atoms with Gasteiger partial charge in [0.15, 0.2) is 11.6 Å². The number of nitrogens with one attached hydrogen (secondary N) is 1. The summed E-state index contributed by atoms with van der Waals surface area (Å²) in [6, 6.07) is 4.13.